The van der Waals surface area contributed by atoms with Crippen molar-refractivity contribution in [1.82, 2.24) is 14.9 Å². The maximum absolute atomic E-state index is 11.6. The maximum atomic E-state index is 11.6. The largest absolute Gasteiger partial charge is 0.465 e. The van der Waals surface area contributed by atoms with Gasteiger partial charge in [0, 0.05) is 32.4 Å². The van der Waals surface area contributed by atoms with E-state index in [1.807, 2.05) is 0 Å². The van der Waals surface area contributed by atoms with Crippen LogP contribution in [0, 0.1) is 5.92 Å². The summed E-state index contributed by atoms with van der Waals surface area (Å²) in [6.07, 6.45) is 4.71. The molecule has 0 bridgehead atoms. The molecule has 0 radical (unpaired) electrons. The Morgan fingerprint density at radius 3 is 2.69 bits per heavy atom. The summed E-state index contributed by atoms with van der Waals surface area (Å²) < 4.78 is 0. The van der Waals surface area contributed by atoms with Crippen molar-refractivity contribution in [2.75, 3.05) is 18.4 Å². The quantitative estimate of drug-likeness (QED) is 0.804. The zero-order valence-electron chi connectivity index (χ0n) is 17.2. The van der Waals surface area contributed by atoms with Crippen molar-refractivity contribution < 1.29 is 14.7 Å². The van der Waals surface area contributed by atoms with Gasteiger partial charge in [-0.25, -0.2) is 9.78 Å². The summed E-state index contributed by atoms with van der Waals surface area (Å²) in [7, 11) is 0. The predicted octanol–water partition coefficient (Wildman–Crippen LogP) is 3.69. The molecule has 7 nitrogen and oxygen atoms in total. The Balaban J connectivity index is 1.80. The number of benzene rings is 1. The summed E-state index contributed by atoms with van der Waals surface area (Å²) in [6, 6.07) is 6.44. The molecule has 2 amide bonds. The van der Waals surface area contributed by atoms with Crippen molar-refractivity contribution in [1.29, 1.82) is 0 Å². The SMILES string of the molecule is CC(=O)Nc1cnc(Cc2ccc3c(c2)CCN(C(=O)O)CC3CC(C)C)cn1. The van der Waals surface area contributed by atoms with E-state index in [0.717, 1.165) is 24.1 Å². The second kappa shape index (κ2) is 9.03. The van der Waals surface area contributed by atoms with Crippen molar-refractivity contribution in [3.63, 3.8) is 0 Å². The lowest BCUT2D eigenvalue weighted by Gasteiger charge is -2.24. The lowest BCUT2D eigenvalue weighted by Crippen LogP contribution is -2.33. The van der Waals surface area contributed by atoms with Gasteiger partial charge in [0.1, 0.15) is 0 Å². The summed E-state index contributed by atoms with van der Waals surface area (Å²) in [4.78, 5) is 32.8. The number of carbonyl (C=O) groups excluding carboxylic acids is 1. The fraction of sp³-hybridized carbons (Fsp3) is 0.455. The number of carboxylic acid groups (broad SMARTS) is 1. The molecule has 1 unspecified atom stereocenters. The minimum Gasteiger partial charge on any atom is -0.465 e. The van der Waals surface area contributed by atoms with Crippen LogP contribution in [0.25, 0.3) is 0 Å². The van der Waals surface area contributed by atoms with Crippen LogP contribution >= 0.6 is 0 Å². The summed E-state index contributed by atoms with van der Waals surface area (Å²) >= 11 is 0. The summed E-state index contributed by atoms with van der Waals surface area (Å²) in [6.45, 7) is 6.85. The first-order valence-electron chi connectivity index (χ1n) is 10.00. The number of nitrogens with zero attached hydrogens (tertiary/aromatic N) is 3. The fourth-order valence-electron chi connectivity index (χ4n) is 3.94. The van der Waals surface area contributed by atoms with Crippen LogP contribution in [0.3, 0.4) is 0 Å². The molecule has 0 spiro atoms. The van der Waals surface area contributed by atoms with Gasteiger partial charge in [0.15, 0.2) is 5.82 Å². The highest BCUT2D eigenvalue weighted by atomic mass is 16.4. The van der Waals surface area contributed by atoms with Crippen LogP contribution in [0.5, 0.6) is 0 Å². The van der Waals surface area contributed by atoms with Crippen molar-refractivity contribution in [3.8, 4) is 0 Å². The van der Waals surface area contributed by atoms with E-state index >= 15 is 0 Å². The van der Waals surface area contributed by atoms with Gasteiger partial charge in [0.25, 0.3) is 0 Å². The Bertz CT molecular complexity index is 880. The molecule has 0 saturated heterocycles. The van der Waals surface area contributed by atoms with Crippen LogP contribution < -0.4 is 5.32 Å². The third-order valence-corrected chi connectivity index (χ3v) is 5.16. The van der Waals surface area contributed by atoms with Crippen LogP contribution in [0.1, 0.15) is 55.5 Å². The topological polar surface area (TPSA) is 95.4 Å². The molecule has 1 aliphatic heterocycles. The summed E-state index contributed by atoms with van der Waals surface area (Å²) in [5, 5.41) is 12.1. The van der Waals surface area contributed by atoms with Crippen LogP contribution in [-0.2, 0) is 17.6 Å². The van der Waals surface area contributed by atoms with E-state index in [-0.39, 0.29) is 11.8 Å². The minimum absolute atomic E-state index is 0.177. The zero-order chi connectivity index (χ0) is 21.0. The number of hydrogen-bond donors (Lipinski definition) is 2. The van der Waals surface area contributed by atoms with Gasteiger partial charge in [-0.15, -0.1) is 0 Å². The lowest BCUT2D eigenvalue weighted by atomic mass is 9.86. The van der Waals surface area contributed by atoms with Crippen LogP contribution in [0.2, 0.25) is 0 Å². The number of nitrogens with one attached hydrogen (secondary N) is 1. The Labute approximate surface area is 171 Å². The third kappa shape index (κ3) is 5.53. The first-order valence-corrected chi connectivity index (χ1v) is 10.00. The van der Waals surface area contributed by atoms with Gasteiger partial charge < -0.3 is 15.3 Å². The summed E-state index contributed by atoms with van der Waals surface area (Å²) in [5.41, 5.74) is 4.42. The van der Waals surface area contributed by atoms with Crippen molar-refractivity contribution in [2.45, 2.75) is 46.0 Å². The number of rotatable bonds is 5. The second-order valence-corrected chi connectivity index (χ2v) is 8.09. The second-order valence-electron chi connectivity index (χ2n) is 8.09. The number of anilines is 1. The maximum Gasteiger partial charge on any atom is 0.407 e. The molecule has 3 rings (SSSR count). The van der Waals surface area contributed by atoms with Gasteiger partial charge in [0.05, 0.1) is 18.1 Å². The van der Waals surface area contributed by atoms with Crippen molar-refractivity contribution in [3.05, 3.63) is 53.0 Å². The highest BCUT2D eigenvalue weighted by Gasteiger charge is 2.26. The van der Waals surface area contributed by atoms with E-state index < -0.39 is 6.09 Å². The Morgan fingerprint density at radius 1 is 1.28 bits per heavy atom. The average molecular weight is 396 g/mol. The molecule has 2 N–H and O–H groups in total. The van der Waals surface area contributed by atoms with Gasteiger partial charge in [-0.2, -0.15) is 0 Å². The predicted molar refractivity (Wildman–Crippen MR) is 111 cm³/mol. The van der Waals surface area contributed by atoms with E-state index in [9.17, 15) is 14.7 Å². The highest BCUT2D eigenvalue weighted by molar-refractivity contribution is 5.87. The first-order chi connectivity index (χ1) is 13.8. The standard InChI is InChI=1S/C22H28N4O3/c1-14(2)8-18-13-26(22(28)29)7-6-17-9-16(4-5-20(17)18)10-19-11-24-21(12-23-19)25-15(3)27/h4-5,9,11-12,14,18H,6-8,10,13H2,1-3H3,(H,28,29)(H,24,25,27). The Hall–Kier alpha value is -2.96. The number of amides is 2. The molecule has 29 heavy (non-hydrogen) atoms. The molecule has 2 aromatic rings. The van der Waals surface area contributed by atoms with Gasteiger partial charge >= 0.3 is 6.09 Å². The minimum atomic E-state index is -0.846. The lowest BCUT2D eigenvalue weighted by molar-refractivity contribution is -0.114. The van der Waals surface area contributed by atoms with E-state index in [4.69, 9.17) is 0 Å². The molecule has 0 fully saturated rings. The zero-order valence-corrected chi connectivity index (χ0v) is 17.2. The molecule has 1 atom stereocenters. The monoisotopic (exact) mass is 396 g/mol. The molecule has 2 heterocycles. The van der Waals surface area contributed by atoms with Gasteiger partial charge in [-0.1, -0.05) is 32.0 Å². The molecule has 7 heteroatoms. The van der Waals surface area contributed by atoms with Crippen molar-refractivity contribution >= 4 is 17.8 Å². The third-order valence-electron chi connectivity index (χ3n) is 5.16. The van der Waals surface area contributed by atoms with E-state index in [0.29, 0.717) is 31.2 Å². The smallest absolute Gasteiger partial charge is 0.407 e. The van der Waals surface area contributed by atoms with Crippen molar-refractivity contribution in [2.24, 2.45) is 5.92 Å². The van der Waals surface area contributed by atoms with Crippen LogP contribution in [-0.4, -0.2) is 45.1 Å². The summed E-state index contributed by atoms with van der Waals surface area (Å²) in [5.74, 6) is 0.977. The van der Waals surface area contributed by atoms with E-state index in [1.165, 1.54) is 18.1 Å². The number of carbonyl (C=O) groups is 2. The molecule has 0 aliphatic carbocycles. The molecule has 154 valence electrons. The van der Waals surface area contributed by atoms with Gasteiger partial charge in [-0.3, -0.25) is 9.78 Å². The Morgan fingerprint density at radius 2 is 2.07 bits per heavy atom. The molecule has 0 saturated carbocycles. The normalized spacial score (nSPS) is 16.3. The molecular weight excluding hydrogens is 368 g/mol. The highest BCUT2D eigenvalue weighted by Crippen LogP contribution is 2.31. The Kier molecular flexibility index (Phi) is 6.46. The van der Waals surface area contributed by atoms with Crippen LogP contribution in [0.15, 0.2) is 30.6 Å². The van der Waals surface area contributed by atoms with Crippen LogP contribution in [0.4, 0.5) is 10.6 Å². The van der Waals surface area contributed by atoms with E-state index in [1.54, 1.807) is 17.3 Å². The number of hydrogen-bond acceptors (Lipinski definition) is 4. The molecular formula is C22H28N4O3. The average Bonchev–Trinajstić information content (AvgIpc) is 2.82. The fourth-order valence-corrected chi connectivity index (χ4v) is 3.94. The van der Waals surface area contributed by atoms with Gasteiger partial charge in [0.2, 0.25) is 5.91 Å². The molecule has 1 aliphatic rings. The van der Waals surface area contributed by atoms with Gasteiger partial charge in [-0.05, 0) is 35.4 Å². The number of fused-ring (bicyclic) bond motifs is 1. The molecule has 1 aromatic heterocycles. The number of aromatic nitrogens is 2. The van der Waals surface area contributed by atoms with E-state index in [2.05, 4.69) is 47.3 Å². The first kappa shape index (κ1) is 20.8. The molecule has 1 aromatic carbocycles.